The number of aliphatic hydroxyl groups excluding tert-OH is 1. The van der Waals surface area contributed by atoms with Gasteiger partial charge in [0.25, 0.3) is 0 Å². The van der Waals surface area contributed by atoms with Gasteiger partial charge in [-0.05, 0) is 42.5 Å². The van der Waals surface area contributed by atoms with E-state index >= 15 is 0 Å². The van der Waals surface area contributed by atoms with Gasteiger partial charge < -0.3 is 24.7 Å². The molecular weight excluding hydrogens is 508 g/mol. The Labute approximate surface area is 222 Å². The van der Waals surface area contributed by atoms with Crippen LogP contribution in [0.15, 0.2) is 81.6 Å². The van der Waals surface area contributed by atoms with Crippen molar-refractivity contribution in [2.24, 2.45) is 7.05 Å². The molecule has 0 saturated carbocycles. The van der Waals surface area contributed by atoms with Crippen molar-refractivity contribution in [3.8, 4) is 17.4 Å². The maximum atomic E-state index is 9.74. The van der Waals surface area contributed by atoms with Gasteiger partial charge in [-0.3, -0.25) is 4.98 Å². The molecule has 0 unspecified atom stereocenters. The molecule has 5 rings (SSSR count). The van der Waals surface area contributed by atoms with E-state index in [1.807, 2.05) is 66.3 Å². The number of benzene rings is 2. The van der Waals surface area contributed by atoms with Crippen LogP contribution in [-0.4, -0.2) is 32.8 Å². The Morgan fingerprint density at radius 2 is 2.05 bits per heavy atom. The number of aryl methyl sites for hydroxylation is 1. The van der Waals surface area contributed by atoms with E-state index in [4.69, 9.17) is 21.1 Å². The predicted molar refractivity (Wildman–Crippen MR) is 145 cm³/mol. The molecule has 10 heteroatoms. The Balaban J connectivity index is 1.42. The number of aromatic nitrogens is 3. The molecule has 0 aliphatic rings. The Kier molecular flexibility index (Phi) is 7.44. The lowest BCUT2D eigenvalue weighted by molar-refractivity contribution is 0.290. The number of nitrogens with zero attached hydrogens (tertiary/aromatic N) is 4. The standard InChI is InChI=1S/C27H23ClN6O2S/c1-34-10-8-31-27(34)37-25-7-3-19(13-22(25)28)33-26-18(14-29)15-32-23-12-17(2-5-21(23)26)24-6-4-20(36-24)16-30-9-11-35/h2-8,10,12-13,15,30,35H,9,11,16H2,1H3,(H,32,33). The number of rotatable bonds is 9. The molecule has 0 bridgehead atoms. The molecule has 0 spiro atoms. The number of hydrogen-bond acceptors (Lipinski definition) is 8. The van der Waals surface area contributed by atoms with Gasteiger partial charge in [0.1, 0.15) is 17.6 Å². The summed E-state index contributed by atoms with van der Waals surface area (Å²) in [6.07, 6.45) is 5.20. The molecular formula is C27H23ClN6O2S. The van der Waals surface area contributed by atoms with E-state index in [2.05, 4.69) is 26.7 Å². The van der Waals surface area contributed by atoms with Crippen LogP contribution in [0.25, 0.3) is 22.2 Å². The molecule has 0 radical (unpaired) electrons. The van der Waals surface area contributed by atoms with E-state index in [-0.39, 0.29) is 6.61 Å². The summed E-state index contributed by atoms with van der Waals surface area (Å²) in [5, 5.41) is 27.4. The van der Waals surface area contributed by atoms with E-state index in [0.29, 0.717) is 29.4 Å². The first-order valence-corrected chi connectivity index (χ1v) is 12.7. The Bertz CT molecular complexity index is 1610. The molecule has 2 aromatic carbocycles. The number of nitrogens with one attached hydrogen (secondary N) is 2. The van der Waals surface area contributed by atoms with Crippen molar-refractivity contribution in [3.63, 3.8) is 0 Å². The van der Waals surface area contributed by atoms with E-state index < -0.39 is 0 Å². The number of fused-ring (bicyclic) bond motifs is 1. The second-order valence-electron chi connectivity index (χ2n) is 8.25. The molecule has 186 valence electrons. The number of furan rings is 1. The molecule has 3 heterocycles. The molecule has 0 atom stereocenters. The van der Waals surface area contributed by atoms with Gasteiger partial charge >= 0.3 is 0 Å². The SMILES string of the molecule is Cn1ccnc1Sc1ccc(Nc2c(C#N)cnc3cc(-c4ccc(CNCCO)o4)ccc23)cc1Cl. The quantitative estimate of drug-likeness (QED) is 0.207. The minimum Gasteiger partial charge on any atom is -0.460 e. The zero-order valence-corrected chi connectivity index (χ0v) is 21.5. The monoisotopic (exact) mass is 530 g/mol. The summed E-state index contributed by atoms with van der Waals surface area (Å²) in [5.74, 6) is 1.50. The molecule has 8 nitrogen and oxygen atoms in total. The summed E-state index contributed by atoms with van der Waals surface area (Å²) in [6, 6.07) is 17.5. The molecule has 0 fully saturated rings. The first-order valence-electron chi connectivity index (χ1n) is 11.5. The summed E-state index contributed by atoms with van der Waals surface area (Å²) in [7, 11) is 1.93. The van der Waals surface area contributed by atoms with Gasteiger partial charge in [0.15, 0.2) is 5.16 Å². The second-order valence-corrected chi connectivity index (χ2v) is 9.67. The number of pyridine rings is 1. The molecule has 3 N–H and O–H groups in total. The molecule has 0 amide bonds. The average molecular weight is 531 g/mol. The number of imidazole rings is 1. The highest BCUT2D eigenvalue weighted by molar-refractivity contribution is 7.99. The lowest BCUT2D eigenvalue weighted by Gasteiger charge is -2.13. The molecule has 0 aliphatic carbocycles. The topological polar surface area (TPSA) is 112 Å². The van der Waals surface area contributed by atoms with Crippen LogP contribution in [0.5, 0.6) is 0 Å². The smallest absolute Gasteiger partial charge is 0.172 e. The zero-order valence-electron chi connectivity index (χ0n) is 19.9. The van der Waals surface area contributed by atoms with E-state index in [0.717, 1.165) is 43.7 Å². The van der Waals surface area contributed by atoms with Crippen molar-refractivity contribution in [3.05, 3.63) is 83.5 Å². The fourth-order valence-electron chi connectivity index (χ4n) is 3.84. The van der Waals surface area contributed by atoms with Crippen LogP contribution in [0.1, 0.15) is 11.3 Å². The third-order valence-electron chi connectivity index (χ3n) is 5.70. The first kappa shape index (κ1) is 24.9. The van der Waals surface area contributed by atoms with Gasteiger partial charge in [-0.15, -0.1) is 0 Å². The van der Waals surface area contributed by atoms with Gasteiger partial charge in [-0.2, -0.15) is 5.26 Å². The summed E-state index contributed by atoms with van der Waals surface area (Å²) < 4.78 is 7.87. The molecule has 0 aliphatic heterocycles. The number of halogens is 1. The minimum absolute atomic E-state index is 0.0747. The molecule has 5 aromatic rings. The molecule has 37 heavy (non-hydrogen) atoms. The van der Waals surface area contributed by atoms with E-state index in [9.17, 15) is 5.26 Å². The summed E-state index contributed by atoms with van der Waals surface area (Å²) in [5.41, 5.74) is 3.45. The first-order chi connectivity index (χ1) is 18.1. The largest absolute Gasteiger partial charge is 0.460 e. The third kappa shape index (κ3) is 5.48. The van der Waals surface area contributed by atoms with Crippen molar-refractivity contribution >= 4 is 45.6 Å². The zero-order chi connectivity index (χ0) is 25.8. The van der Waals surface area contributed by atoms with Crippen LogP contribution in [0.2, 0.25) is 5.02 Å². The van der Waals surface area contributed by atoms with Gasteiger partial charge in [0, 0.05) is 53.7 Å². The lowest BCUT2D eigenvalue weighted by atomic mass is 10.1. The highest BCUT2D eigenvalue weighted by atomic mass is 35.5. The number of hydrogen-bond donors (Lipinski definition) is 3. The van der Waals surface area contributed by atoms with Crippen LogP contribution in [-0.2, 0) is 13.6 Å². The van der Waals surface area contributed by atoms with Gasteiger partial charge in [0.05, 0.1) is 34.9 Å². The molecule has 3 aromatic heterocycles. The van der Waals surface area contributed by atoms with Crippen LogP contribution in [0.4, 0.5) is 11.4 Å². The Hall–Kier alpha value is -3.81. The Morgan fingerprint density at radius 3 is 2.81 bits per heavy atom. The van der Waals surface area contributed by atoms with Crippen LogP contribution < -0.4 is 10.6 Å². The molecule has 0 saturated heterocycles. The predicted octanol–water partition coefficient (Wildman–Crippen LogP) is 5.73. The maximum Gasteiger partial charge on any atom is 0.172 e. The van der Waals surface area contributed by atoms with Crippen molar-refractivity contribution in [1.82, 2.24) is 19.9 Å². The lowest BCUT2D eigenvalue weighted by Crippen LogP contribution is -2.16. The second kappa shape index (κ2) is 11.1. The van der Waals surface area contributed by atoms with Crippen LogP contribution in [0.3, 0.4) is 0 Å². The average Bonchev–Trinajstić information content (AvgIpc) is 3.54. The van der Waals surface area contributed by atoms with E-state index in [1.165, 1.54) is 11.8 Å². The van der Waals surface area contributed by atoms with Crippen LogP contribution >= 0.6 is 23.4 Å². The van der Waals surface area contributed by atoms with Crippen molar-refractivity contribution in [1.29, 1.82) is 5.26 Å². The van der Waals surface area contributed by atoms with E-state index in [1.54, 1.807) is 12.4 Å². The number of nitriles is 1. The minimum atomic E-state index is 0.0747. The van der Waals surface area contributed by atoms with Gasteiger partial charge in [-0.25, -0.2) is 4.98 Å². The van der Waals surface area contributed by atoms with Crippen molar-refractivity contribution in [2.45, 2.75) is 16.6 Å². The summed E-state index contributed by atoms with van der Waals surface area (Å²) >= 11 is 8.07. The number of anilines is 2. The van der Waals surface area contributed by atoms with Gasteiger partial charge in [0.2, 0.25) is 0 Å². The van der Waals surface area contributed by atoms with Gasteiger partial charge in [-0.1, -0.05) is 29.4 Å². The highest BCUT2D eigenvalue weighted by Gasteiger charge is 2.14. The van der Waals surface area contributed by atoms with Crippen LogP contribution in [0, 0.1) is 11.3 Å². The van der Waals surface area contributed by atoms with Crippen molar-refractivity contribution in [2.75, 3.05) is 18.5 Å². The Morgan fingerprint density at radius 1 is 1.16 bits per heavy atom. The number of aliphatic hydroxyl groups is 1. The fraction of sp³-hybridized carbons (Fsp3) is 0.148. The summed E-state index contributed by atoms with van der Waals surface area (Å²) in [6.45, 7) is 1.11. The third-order valence-corrected chi connectivity index (χ3v) is 7.28. The van der Waals surface area contributed by atoms with Crippen molar-refractivity contribution < 1.29 is 9.52 Å². The fourth-order valence-corrected chi connectivity index (χ4v) is 4.94. The maximum absolute atomic E-state index is 9.74. The normalized spacial score (nSPS) is 11.1. The highest BCUT2D eigenvalue weighted by Crippen LogP contribution is 2.36. The summed E-state index contributed by atoms with van der Waals surface area (Å²) in [4.78, 5) is 9.73.